The van der Waals surface area contributed by atoms with E-state index in [9.17, 15) is 0 Å². The summed E-state index contributed by atoms with van der Waals surface area (Å²) < 4.78 is 3.68. The number of fused-ring (bicyclic) bond motifs is 2. The van der Waals surface area contributed by atoms with E-state index < -0.39 is 0 Å². The first-order valence-electron chi connectivity index (χ1n) is 12.7. The van der Waals surface area contributed by atoms with Gasteiger partial charge in [0.05, 0.1) is 17.9 Å². The molecule has 38 heavy (non-hydrogen) atoms. The minimum Gasteiger partial charge on any atom is -0.354 e. The molecule has 1 aliphatic heterocycles. The highest BCUT2D eigenvalue weighted by molar-refractivity contribution is 5.95. The molecule has 6 aromatic heterocycles. The van der Waals surface area contributed by atoms with Crippen molar-refractivity contribution >= 4 is 28.3 Å². The van der Waals surface area contributed by atoms with Crippen molar-refractivity contribution < 1.29 is 0 Å². The number of nitrogens with zero attached hydrogens (tertiary/aromatic N) is 8. The van der Waals surface area contributed by atoms with Gasteiger partial charge >= 0.3 is 0 Å². The zero-order chi connectivity index (χ0) is 25.5. The summed E-state index contributed by atoms with van der Waals surface area (Å²) in [4.78, 5) is 19.6. The smallest absolute Gasteiger partial charge is 0.224 e. The quantitative estimate of drug-likeness (QED) is 0.316. The topological polar surface area (TPSA) is 117 Å². The van der Waals surface area contributed by atoms with Crippen LogP contribution in [-0.4, -0.2) is 65.5 Å². The summed E-state index contributed by atoms with van der Waals surface area (Å²) in [5.41, 5.74) is 7.06. The van der Waals surface area contributed by atoms with Crippen LogP contribution in [0.5, 0.6) is 0 Å². The summed E-state index contributed by atoms with van der Waals surface area (Å²) in [7, 11) is 1.91. The average molecular weight is 506 g/mol. The summed E-state index contributed by atoms with van der Waals surface area (Å²) >= 11 is 0. The molecule has 1 aliphatic rings. The van der Waals surface area contributed by atoms with Gasteiger partial charge in [0.15, 0.2) is 0 Å². The highest BCUT2D eigenvalue weighted by atomic mass is 15.2. The average Bonchev–Trinajstić information content (AvgIpc) is 3.70. The molecular formula is C27H27N11. The van der Waals surface area contributed by atoms with E-state index in [1.807, 2.05) is 54.9 Å². The van der Waals surface area contributed by atoms with E-state index in [1.165, 1.54) is 0 Å². The molecule has 1 fully saturated rings. The van der Waals surface area contributed by atoms with Crippen LogP contribution in [0.2, 0.25) is 0 Å². The van der Waals surface area contributed by atoms with E-state index in [4.69, 9.17) is 4.98 Å². The molecule has 11 heteroatoms. The van der Waals surface area contributed by atoms with Gasteiger partial charge in [0.2, 0.25) is 5.95 Å². The summed E-state index contributed by atoms with van der Waals surface area (Å²) in [6, 6.07) is 8.38. The molecule has 190 valence electrons. The molecule has 11 nitrogen and oxygen atoms in total. The standard InChI is InChI=1S/C27H27N11/c1-36-17-20(13-33-36)22-16-34-38-7-4-19(10-24(22)38)21-14-30-26-23(21)15-32-27(35-26)31-12-18-2-3-25(29-11-18)37-8-5-28-6-9-37/h2-4,7,10-11,13-17,28H,5-6,8-9,12H2,1H3,(H2,30,31,32,35). The maximum absolute atomic E-state index is 4.71. The number of nitrogens with one attached hydrogen (secondary N) is 3. The minimum atomic E-state index is 0.571. The third-order valence-electron chi connectivity index (χ3n) is 6.98. The van der Waals surface area contributed by atoms with E-state index in [0.29, 0.717) is 12.5 Å². The second kappa shape index (κ2) is 9.27. The lowest BCUT2D eigenvalue weighted by molar-refractivity contribution is 0.585. The zero-order valence-corrected chi connectivity index (χ0v) is 21.0. The Balaban J connectivity index is 1.10. The van der Waals surface area contributed by atoms with Crippen LogP contribution in [0.4, 0.5) is 11.8 Å². The summed E-state index contributed by atoms with van der Waals surface area (Å²) in [6.45, 7) is 4.56. The largest absolute Gasteiger partial charge is 0.354 e. The predicted octanol–water partition coefficient (Wildman–Crippen LogP) is 3.09. The Bertz CT molecular complexity index is 1720. The first kappa shape index (κ1) is 22.4. The lowest BCUT2D eigenvalue weighted by atomic mass is 10.1. The molecule has 0 amide bonds. The van der Waals surface area contributed by atoms with Gasteiger partial charge in [-0.05, 0) is 29.3 Å². The Morgan fingerprint density at radius 1 is 0.947 bits per heavy atom. The Kier molecular flexibility index (Phi) is 5.47. The number of aryl methyl sites for hydroxylation is 1. The number of H-pyrrole nitrogens is 1. The van der Waals surface area contributed by atoms with Crippen LogP contribution in [0, 0.1) is 0 Å². The summed E-state index contributed by atoms with van der Waals surface area (Å²) in [5, 5.41) is 16.5. The molecule has 0 spiro atoms. The third kappa shape index (κ3) is 4.12. The van der Waals surface area contributed by atoms with Crippen molar-refractivity contribution in [1.29, 1.82) is 0 Å². The van der Waals surface area contributed by atoms with Crippen molar-refractivity contribution in [2.24, 2.45) is 7.05 Å². The van der Waals surface area contributed by atoms with Gasteiger partial charge in [-0.3, -0.25) is 4.68 Å². The summed E-state index contributed by atoms with van der Waals surface area (Å²) in [5.74, 6) is 1.59. The highest BCUT2D eigenvalue weighted by Gasteiger charge is 2.14. The van der Waals surface area contributed by atoms with Gasteiger partial charge in [-0.1, -0.05) is 6.07 Å². The molecule has 0 radical (unpaired) electrons. The maximum atomic E-state index is 4.71. The summed E-state index contributed by atoms with van der Waals surface area (Å²) in [6.07, 6.45) is 13.5. The second-order valence-corrected chi connectivity index (χ2v) is 9.48. The van der Waals surface area contributed by atoms with Crippen LogP contribution in [0.25, 0.3) is 38.8 Å². The zero-order valence-electron chi connectivity index (χ0n) is 21.0. The third-order valence-corrected chi connectivity index (χ3v) is 6.98. The van der Waals surface area contributed by atoms with Crippen LogP contribution in [0.15, 0.2) is 67.6 Å². The molecule has 0 aromatic carbocycles. The van der Waals surface area contributed by atoms with Gasteiger partial charge < -0.3 is 20.5 Å². The molecule has 0 bridgehead atoms. The van der Waals surface area contributed by atoms with Gasteiger partial charge in [-0.15, -0.1) is 0 Å². The molecule has 1 saturated heterocycles. The van der Waals surface area contributed by atoms with Gasteiger partial charge in [0, 0.05) is 92.8 Å². The number of aromatic nitrogens is 8. The van der Waals surface area contributed by atoms with Gasteiger partial charge in [-0.25, -0.2) is 14.5 Å². The van der Waals surface area contributed by atoms with E-state index in [-0.39, 0.29) is 0 Å². The molecule has 3 N–H and O–H groups in total. The van der Waals surface area contributed by atoms with Gasteiger partial charge in [-0.2, -0.15) is 15.2 Å². The first-order chi connectivity index (χ1) is 18.7. The molecule has 0 saturated carbocycles. The predicted molar refractivity (Wildman–Crippen MR) is 147 cm³/mol. The van der Waals surface area contributed by atoms with Crippen molar-refractivity contribution in [1.82, 2.24) is 44.6 Å². The molecular weight excluding hydrogens is 478 g/mol. The van der Waals surface area contributed by atoms with Crippen LogP contribution in [0.1, 0.15) is 5.56 Å². The highest BCUT2D eigenvalue weighted by Crippen LogP contribution is 2.31. The lowest BCUT2D eigenvalue weighted by Gasteiger charge is -2.28. The van der Waals surface area contributed by atoms with Crippen molar-refractivity contribution in [2.45, 2.75) is 6.54 Å². The number of rotatable bonds is 6. The molecule has 7 rings (SSSR count). The number of pyridine rings is 2. The SMILES string of the molecule is Cn1cc(-c2cnn3ccc(-c4c[nH]c5nc(NCc6ccc(N7CCNCC7)nc6)ncc45)cc23)cn1. The van der Waals surface area contributed by atoms with E-state index >= 15 is 0 Å². The number of piperazine rings is 1. The molecule has 6 aromatic rings. The Hall–Kier alpha value is -4.77. The lowest BCUT2D eigenvalue weighted by Crippen LogP contribution is -2.43. The van der Waals surface area contributed by atoms with Crippen molar-refractivity contribution in [2.75, 3.05) is 36.4 Å². The van der Waals surface area contributed by atoms with Crippen LogP contribution < -0.4 is 15.5 Å². The Morgan fingerprint density at radius 3 is 2.68 bits per heavy atom. The molecule has 0 atom stereocenters. The van der Waals surface area contributed by atoms with Crippen LogP contribution in [-0.2, 0) is 13.6 Å². The first-order valence-corrected chi connectivity index (χ1v) is 12.7. The van der Waals surface area contributed by atoms with E-state index in [2.05, 4.69) is 64.9 Å². The minimum absolute atomic E-state index is 0.571. The van der Waals surface area contributed by atoms with Crippen molar-refractivity contribution in [3.05, 3.63) is 73.2 Å². The number of anilines is 2. The Labute approximate surface area is 218 Å². The fourth-order valence-corrected chi connectivity index (χ4v) is 4.95. The van der Waals surface area contributed by atoms with Crippen LogP contribution >= 0.6 is 0 Å². The number of hydrogen-bond donors (Lipinski definition) is 3. The Morgan fingerprint density at radius 2 is 1.87 bits per heavy atom. The fraction of sp³-hybridized carbons (Fsp3) is 0.222. The van der Waals surface area contributed by atoms with Crippen LogP contribution in [0.3, 0.4) is 0 Å². The number of hydrogen-bond acceptors (Lipinski definition) is 8. The normalized spacial score (nSPS) is 14.0. The van der Waals surface area contributed by atoms with E-state index in [0.717, 1.165) is 76.4 Å². The fourth-order valence-electron chi connectivity index (χ4n) is 4.95. The molecule has 7 heterocycles. The van der Waals surface area contributed by atoms with Crippen molar-refractivity contribution in [3.63, 3.8) is 0 Å². The van der Waals surface area contributed by atoms with Gasteiger partial charge in [0.25, 0.3) is 0 Å². The number of aromatic amines is 1. The van der Waals surface area contributed by atoms with E-state index in [1.54, 1.807) is 4.68 Å². The van der Waals surface area contributed by atoms with Crippen molar-refractivity contribution in [3.8, 4) is 22.3 Å². The molecule has 0 unspecified atom stereocenters. The maximum Gasteiger partial charge on any atom is 0.224 e. The van der Waals surface area contributed by atoms with Gasteiger partial charge in [0.1, 0.15) is 11.5 Å². The second-order valence-electron chi connectivity index (χ2n) is 9.48. The monoisotopic (exact) mass is 505 g/mol. The molecule has 0 aliphatic carbocycles.